The van der Waals surface area contributed by atoms with Gasteiger partial charge in [0.05, 0.1) is 15.8 Å². The first-order chi connectivity index (χ1) is 11.3. The van der Waals surface area contributed by atoms with E-state index in [0.717, 1.165) is 5.56 Å². The summed E-state index contributed by atoms with van der Waals surface area (Å²) in [5.74, 6) is 0.607. The Kier molecular flexibility index (Phi) is 3.98. The van der Waals surface area contributed by atoms with Gasteiger partial charge in [0.2, 0.25) is 10.0 Å². The van der Waals surface area contributed by atoms with Crippen LogP contribution in [0.2, 0.25) is 0 Å². The van der Waals surface area contributed by atoms with Crippen LogP contribution in [0.25, 0.3) is 22.3 Å². The highest BCUT2D eigenvalue weighted by Gasteiger charge is 2.12. The SMILES string of the molecule is CC(C)c1ccc2nc(-c3cccc(S(N)(=O)=O)c3)[nH]c(=O)c2c1. The Morgan fingerprint density at radius 2 is 1.88 bits per heavy atom. The van der Waals surface area contributed by atoms with E-state index >= 15 is 0 Å². The third-order valence-corrected chi connectivity index (χ3v) is 4.74. The van der Waals surface area contributed by atoms with Gasteiger partial charge in [-0.1, -0.05) is 32.0 Å². The minimum absolute atomic E-state index is 0.0297. The molecule has 1 aromatic heterocycles. The lowest BCUT2D eigenvalue weighted by molar-refractivity contribution is 0.598. The second-order valence-corrected chi connectivity index (χ2v) is 7.48. The molecule has 0 radical (unpaired) electrons. The van der Waals surface area contributed by atoms with Crippen LogP contribution in [0, 0.1) is 0 Å². The van der Waals surface area contributed by atoms with Gasteiger partial charge >= 0.3 is 0 Å². The average molecular weight is 343 g/mol. The fourth-order valence-corrected chi connectivity index (χ4v) is 3.03. The molecule has 0 saturated heterocycles. The van der Waals surface area contributed by atoms with E-state index in [4.69, 9.17) is 5.14 Å². The molecule has 3 rings (SSSR count). The summed E-state index contributed by atoms with van der Waals surface area (Å²) in [5, 5.41) is 5.66. The van der Waals surface area contributed by atoms with Gasteiger partial charge in [0.1, 0.15) is 5.82 Å². The first kappa shape index (κ1) is 16.4. The Morgan fingerprint density at radius 1 is 1.12 bits per heavy atom. The molecule has 3 N–H and O–H groups in total. The molecule has 0 amide bonds. The summed E-state index contributed by atoms with van der Waals surface area (Å²) in [4.78, 5) is 19.5. The van der Waals surface area contributed by atoms with Crippen LogP contribution in [-0.4, -0.2) is 18.4 Å². The quantitative estimate of drug-likeness (QED) is 0.761. The number of nitrogens with zero attached hydrogens (tertiary/aromatic N) is 1. The average Bonchev–Trinajstić information content (AvgIpc) is 2.53. The van der Waals surface area contributed by atoms with Crippen LogP contribution in [0.3, 0.4) is 0 Å². The Labute approximate surface area is 139 Å². The summed E-state index contributed by atoms with van der Waals surface area (Å²) in [6.45, 7) is 4.10. The number of hydrogen-bond donors (Lipinski definition) is 2. The van der Waals surface area contributed by atoms with Crippen LogP contribution in [0.15, 0.2) is 52.2 Å². The van der Waals surface area contributed by atoms with Crippen molar-refractivity contribution in [1.82, 2.24) is 9.97 Å². The molecule has 2 aromatic carbocycles. The number of aromatic amines is 1. The van der Waals surface area contributed by atoms with Crippen molar-refractivity contribution in [2.75, 3.05) is 0 Å². The molecule has 0 unspecified atom stereocenters. The first-order valence-corrected chi connectivity index (χ1v) is 8.97. The molecule has 6 nitrogen and oxygen atoms in total. The minimum atomic E-state index is -3.82. The van der Waals surface area contributed by atoms with Crippen molar-refractivity contribution in [1.29, 1.82) is 0 Å². The maximum atomic E-state index is 12.4. The van der Waals surface area contributed by atoms with Crippen molar-refractivity contribution < 1.29 is 8.42 Å². The number of nitrogens with two attached hydrogens (primary N) is 1. The molecule has 0 fully saturated rings. The number of sulfonamides is 1. The Hall–Kier alpha value is -2.51. The fourth-order valence-electron chi connectivity index (χ4n) is 2.47. The zero-order valence-electron chi connectivity index (χ0n) is 13.3. The van der Waals surface area contributed by atoms with Crippen molar-refractivity contribution in [3.05, 3.63) is 58.4 Å². The van der Waals surface area contributed by atoms with Gasteiger partial charge in [0.15, 0.2) is 0 Å². The lowest BCUT2D eigenvalue weighted by atomic mass is 10.0. The summed E-state index contributed by atoms with van der Waals surface area (Å²) < 4.78 is 23.0. The number of benzene rings is 2. The van der Waals surface area contributed by atoms with Crippen LogP contribution in [0.1, 0.15) is 25.3 Å². The van der Waals surface area contributed by atoms with Crippen molar-refractivity contribution in [2.24, 2.45) is 5.14 Å². The van der Waals surface area contributed by atoms with E-state index in [-0.39, 0.29) is 10.5 Å². The standard InChI is InChI=1S/C17H17N3O3S/c1-10(2)11-6-7-15-14(9-11)17(21)20-16(19-15)12-4-3-5-13(8-12)24(18,22)23/h3-10H,1-2H3,(H2,18,22,23)(H,19,20,21). The maximum absolute atomic E-state index is 12.4. The molecule has 3 aromatic rings. The molecule has 124 valence electrons. The second-order valence-electron chi connectivity index (χ2n) is 5.92. The molecule has 24 heavy (non-hydrogen) atoms. The number of primary sulfonamides is 1. The molecule has 0 aliphatic rings. The monoisotopic (exact) mass is 343 g/mol. The van der Waals surface area contributed by atoms with Crippen molar-refractivity contribution in [3.8, 4) is 11.4 Å². The molecule has 0 aliphatic heterocycles. The Bertz CT molecular complexity index is 1090. The zero-order valence-corrected chi connectivity index (χ0v) is 14.1. The number of H-pyrrole nitrogens is 1. The Morgan fingerprint density at radius 3 is 2.54 bits per heavy atom. The van der Waals surface area contributed by atoms with Gasteiger partial charge in [0.25, 0.3) is 5.56 Å². The third-order valence-electron chi connectivity index (χ3n) is 3.83. The summed E-state index contributed by atoms with van der Waals surface area (Å²) >= 11 is 0. The van der Waals surface area contributed by atoms with Gasteiger partial charge in [0, 0.05) is 5.56 Å². The lowest BCUT2D eigenvalue weighted by Crippen LogP contribution is -2.13. The molecular weight excluding hydrogens is 326 g/mol. The number of nitrogens with one attached hydrogen (secondary N) is 1. The van der Waals surface area contributed by atoms with Gasteiger partial charge < -0.3 is 4.98 Å². The van der Waals surface area contributed by atoms with Crippen LogP contribution in [-0.2, 0) is 10.0 Å². The molecule has 7 heteroatoms. The summed E-state index contributed by atoms with van der Waals surface area (Å²) in [6, 6.07) is 11.6. The second kappa shape index (κ2) is 5.85. The molecule has 0 spiro atoms. The van der Waals surface area contributed by atoms with E-state index in [2.05, 4.69) is 23.8 Å². The number of hydrogen-bond acceptors (Lipinski definition) is 4. The van der Waals surface area contributed by atoms with E-state index in [1.807, 2.05) is 12.1 Å². The molecule has 0 aliphatic carbocycles. The topological polar surface area (TPSA) is 106 Å². The summed E-state index contributed by atoms with van der Waals surface area (Å²) in [6.07, 6.45) is 0. The van der Waals surface area contributed by atoms with Gasteiger partial charge in [-0.3, -0.25) is 4.79 Å². The normalized spacial score (nSPS) is 12.0. The van der Waals surface area contributed by atoms with E-state index in [9.17, 15) is 13.2 Å². The molecule has 0 saturated carbocycles. The maximum Gasteiger partial charge on any atom is 0.259 e. The number of fused-ring (bicyclic) bond motifs is 1. The van der Waals surface area contributed by atoms with Gasteiger partial charge in [-0.05, 0) is 35.7 Å². The minimum Gasteiger partial charge on any atom is -0.306 e. The molecule has 0 bridgehead atoms. The molecule has 0 atom stereocenters. The number of aromatic nitrogens is 2. The van der Waals surface area contributed by atoms with Crippen molar-refractivity contribution >= 4 is 20.9 Å². The van der Waals surface area contributed by atoms with Gasteiger partial charge in [-0.25, -0.2) is 18.5 Å². The third kappa shape index (κ3) is 3.08. The summed E-state index contributed by atoms with van der Waals surface area (Å²) in [5.41, 5.74) is 1.82. The largest absolute Gasteiger partial charge is 0.306 e. The number of rotatable bonds is 3. The van der Waals surface area contributed by atoms with Crippen LogP contribution < -0.4 is 10.7 Å². The van der Waals surface area contributed by atoms with Crippen LogP contribution in [0.4, 0.5) is 0 Å². The van der Waals surface area contributed by atoms with Crippen molar-refractivity contribution in [2.45, 2.75) is 24.7 Å². The highest BCUT2D eigenvalue weighted by atomic mass is 32.2. The van der Waals surface area contributed by atoms with E-state index in [1.165, 1.54) is 12.1 Å². The predicted octanol–water partition coefficient (Wildman–Crippen LogP) is 2.36. The highest BCUT2D eigenvalue weighted by molar-refractivity contribution is 7.89. The molecule has 1 heterocycles. The Balaban J connectivity index is 2.19. The van der Waals surface area contributed by atoms with Gasteiger partial charge in [-0.15, -0.1) is 0 Å². The zero-order chi connectivity index (χ0) is 17.5. The van der Waals surface area contributed by atoms with E-state index in [1.54, 1.807) is 18.2 Å². The van der Waals surface area contributed by atoms with Crippen molar-refractivity contribution in [3.63, 3.8) is 0 Å². The van der Waals surface area contributed by atoms with E-state index in [0.29, 0.717) is 28.2 Å². The van der Waals surface area contributed by atoms with Gasteiger partial charge in [-0.2, -0.15) is 0 Å². The highest BCUT2D eigenvalue weighted by Crippen LogP contribution is 2.22. The lowest BCUT2D eigenvalue weighted by Gasteiger charge is -2.08. The summed E-state index contributed by atoms with van der Waals surface area (Å²) in [7, 11) is -3.82. The first-order valence-electron chi connectivity index (χ1n) is 7.43. The predicted molar refractivity (Wildman–Crippen MR) is 93.3 cm³/mol. The van der Waals surface area contributed by atoms with Crippen LogP contribution in [0.5, 0.6) is 0 Å². The van der Waals surface area contributed by atoms with Crippen LogP contribution >= 0.6 is 0 Å². The van der Waals surface area contributed by atoms with E-state index < -0.39 is 10.0 Å². The fraction of sp³-hybridized carbons (Fsp3) is 0.176. The molecular formula is C17H17N3O3S. The smallest absolute Gasteiger partial charge is 0.259 e.